The number of likely N-dealkylation sites (N-methyl/N-ethyl adjacent to an activating group) is 1. The SMILES string of the molecule is CCCC(C)N(C)C(=O)[C@@H](N)c1ccccc1. The maximum absolute atomic E-state index is 12.2. The van der Waals surface area contributed by atoms with Gasteiger partial charge in [-0.3, -0.25) is 4.79 Å². The standard InChI is InChI=1S/C14H22N2O/c1-4-8-11(2)16(3)14(17)13(15)12-9-6-5-7-10-12/h5-7,9-11,13H,4,8,15H2,1-3H3/t11?,13-/m0/s1. The van der Waals surface area contributed by atoms with Gasteiger partial charge < -0.3 is 10.6 Å². The number of hydrogen-bond acceptors (Lipinski definition) is 2. The van der Waals surface area contributed by atoms with Crippen LogP contribution in [0.2, 0.25) is 0 Å². The third-order valence-electron chi connectivity index (χ3n) is 3.14. The fourth-order valence-electron chi connectivity index (χ4n) is 1.85. The average molecular weight is 234 g/mol. The summed E-state index contributed by atoms with van der Waals surface area (Å²) in [5.74, 6) is -0.0165. The molecule has 0 fully saturated rings. The molecule has 0 saturated carbocycles. The van der Waals surface area contributed by atoms with Crippen LogP contribution in [0.3, 0.4) is 0 Å². The second-order valence-corrected chi connectivity index (χ2v) is 4.48. The Hall–Kier alpha value is -1.35. The number of carbonyl (C=O) groups excluding carboxylic acids is 1. The lowest BCUT2D eigenvalue weighted by atomic mass is 10.1. The molecule has 0 aliphatic carbocycles. The molecular formula is C14H22N2O. The summed E-state index contributed by atoms with van der Waals surface area (Å²) in [6.45, 7) is 4.17. The Kier molecular flexibility index (Phi) is 5.16. The lowest BCUT2D eigenvalue weighted by Crippen LogP contribution is -2.41. The third kappa shape index (κ3) is 3.56. The molecule has 0 heterocycles. The Morgan fingerprint density at radius 1 is 1.35 bits per heavy atom. The first kappa shape index (κ1) is 13.7. The Morgan fingerprint density at radius 2 is 1.94 bits per heavy atom. The van der Waals surface area contributed by atoms with Crippen LogP contribution in [0, 0.1) is 0 Å². The lowest BCUT2D eigenvalue weighted by molar-refractivity contribution is -0.133. The molecule has 17 heavy (non-hydrogen) atoms. The van der Waals surface area contributed by atoms with E-state index in [4.69, 9.17) is 5.73 Å². The van der Waals surface area contributed by atoms with Gasteiger partial charge in [-0.15, -0.1) is 0 Å². The van der Waals surface area contributed by atoms with Gasteiger partial charge in [-0.05, 0) is 18.9 Å². The predicted molar refractivity (Wildman–Crippen MR) is 70.5 cm³/mol. The van der Waals surface area contributed by atoms with E-state index < -0.39 is 6.04 Å². The summed E-state index contributed by atoms with van der Waals surface area (Å²) < 4.78 is 0. The third-order valence-corrected chi connectivity index (χ3v) is 3.14. The van der Waals surface area contributed by atoms with Gasteiger partial charge in [0.05, 0.1) is 0 Å². The number of nitrogens with two attached hydrogens (primary N) is 1. The Balaban J connectivity index is 2.70. The van der Waals surface area contributed by atoms with Crippen molar-refractivity contribution in [1.29, 1.82) is 0 Å². The summed E-state index contributed by atoms with van der Waals surface area (Å²) in [6, 6.07) is 9.18. The van der Waals surface area contributed by atoms with Gasteiger partial charge in [0.15, 0.2) is 0 Å². The van der Waals surface area contributed by atoms with E-state index in [2.05, 4.69) is 13.8 Å². The van der Waals surface area contributed by atoms with Crippen LogP contribution in [-0.2, 0) is 4.79 Å². The van der Waals surface area contributed by atoms with Gasteiger partial charge in [0, 0.05) is 13.1 Å². The minimum absolute atomic E-state index is 0.0165. The summed E-state index contributed by atoms with van der Waals surface area (Å²) in [6.07, 6.45) is 2.07. The normalized spacial score (nSPS) is 14.1. The Bertz CT molecular complexity index is 350. The average Bonchev–Trinajstić information content (AvgIpc) is 2.37. The van der Waals surface area contributed by atoms with Crippen LogP contribution in [-0.4, -0.2) is 23.9 Å². The molecule has 1 rings (SSSR count). The predicted octanol–water partition coefficient (Wildman–Crippen LogP) is 2.33. The monoisotopic (exact) mass is 234 g/mol. The van der Waals surface area contributed by atoms with Crippen LogP contribution < -0.4 is 5.73 Å². The first-order valence-corrected chi connectivity index (χ1v) is 6.15. The zero-order valence-electron chi connectivity index (χ0n) is 10.9. The first-order chi connectivity index (χ1) is 8.07. The fraction of sp³-hybridized carbons (Fsp3) is 0.500. The molecule has 0 saturated heterocycles. The van der Waals surface area contributed by atoms with E-state index in [1.54, 1.807) is 4.90 Å². The van der Waals surface area contributed by atoms with Crippen molar-refractivity contribution in [1.82, 2.24) is 4.90 Å². The largest absolute Gasteiger partial charge is 0.341 e. The van der Waals surface area contributed by atoms with Crippen molar-refractivity contribution in [3.05, 3.63) is 35.9 Å². The highest BCUT2D eigenvalue weighted by molar-refractivity contribution is 5.83. The van der Waals surface area contributed by atoms with Crippen molar-refractivity contribution in [2.24, 2.45) is 5.73 Å². The van der Waals surface area contributed by atoms with Gasteiger partial charge in [0.1, 0.15) is 6.04 Å². The van der Waals surface area contributed by atoms with Crippen LogP contribution in [0.4, 0.5) is 0 Å². The maximum Gasteiger partial charge on any atom is 0.244 e. The number of nitrogens with zero attached hydrogens (tertiary/aromatic N) is 1. The van der Waals surface area contributed by atoms with Gasteiger partial charge >= 0.3 is 0 Å². The molecule has 3 nitrogen and oxygen atoms in total. The number of benzene rings is 1. The van der Waals surface area contributed by atoms with Crippen molar-refractivity contribution in [2.75, 3.05) is 7.05 Å². The first-order valence-electron chi connectivity index (χ1n) is 6.15. The highest BCUT2D eigenvalue weighted by Crippen LogP contribution is 2.14. The minimum atomic E-state index is -0.555. The minimum Gasteiger partial charge on any atom is -0.341 e. The molecule has 1 aromatic rings. The summed E-state index contributed by atoms with van der Waals surface area (Å²) in [5.41, 5.74) is 6.85. The van der Waals surface area contributed by atoms with E-state index in [1.165, 1.54) is 0 Å². The molecule has 94 valence electrons. The van der Waals surface area contributed by atoms with Gasteiger partial charge in [-0.1, -0.05) is 43.7 Å². The molecule has 0 aromatic heterocycles. The fourth-order valence-corrected chi connectivity index (χ4v) is 1.85. The molecule has 0 radical (unpaired) electrons. The molecule has 0 aliphatic heterocycles. The van der Waals surface area contributed by atoms with Gasteiger partial charge in [-0.25, -0.2) is 0 Å². The van der Waals surface area contributed by atoms with Crippen LogP contribution in [0.15, 0.2) is 30.3 Å². The van der Waals surface area contributed by atoms with E-state index >= 15 is 0 Å². The Labute approximate surface area is 104 Å². The molecule has 0 aliphatic rings. The van der Waals surface area contributed by atoms with Crippen molar-refractivity contribution in [3.63, 3.8) is 0 Å². The van der Waals surface area contributed by atoms with Gasteiger partial charge in [0.2, 0.25) is 5.91 Å². The van der Waals surface area contributed by atoms with Crippen molar-refractivity contribution >= 4 is 5.91 Å². The second kappa shape index (κ2) is 6.40. The van der Waals surface area contributed by atoms with E-state index in [9.17, 15) is 4.79 Å². The highest BCUT2D eigenvalue weighted by atomic mass is 16.2. The molecule has 1 aromatic carbocycles. The second-order valence-electron chi connectivity index (χ2n) is 4.48. The number of carbonyl (C=O) groups is 1. The molecular weight excluding hydrogens is 212 g/mol. The van der Waals surface area contributed by atoms with Crippen molar-refractivity contribution < 1.29 is 4.79 Å². The van der Waals surface area contributed by atoms with E-state index in [0.717, 1.165) is 18.4 Å². The summed E-state index contributed by atoms with van der Waals surface area (Å²) in [5, 5.41) is 0. The van der Waals surface area contributed by atoms with Crippen LogP contribution in [0.5, 0.6) is 0 Å². The molecule has 2 atom stereocenters. The number of hydrogen-bond donors (Lipinski definition) is 1. The smallest absolute Gasteiger partial charge is 0.244 e. The number of amides is 1. The van der Waals surface area contributed by atoms with E-state index in [0.29, 0.717) is 0 Å². The van der Waals surface area contributed by atoms with E-state index in [1.807, 2.05) is 37.4 Å². The van der Waals surface area contributed by atoms with Crippen LogP contribution >= 0.6 is 0 Å². The topological polar surface area (TPSA) is 46.3 Å². The van der Waals surface area contributed by atoms with Crippen LogP contribution in [0.25, 0.3) is 0 Å². The molecule has 0 spiro atoms. The summed E-state index contributed by atoms with van der Waals surface area (Å²) in [7, 11) is 1.82. The maximum atomic E-state index is 12.2. The summed E-state index contributed by atoms with van der Waals surface area (Å²) >= 11 is 0. The van der Waals surface area contributed by atoms with Crippen molar-refractivity contribution in [2.45, 2.75) is 38.8 Å². The molecule has 3 heteroatoms. The van der Waals surface area contributed by atoms with E-state index in [-0.39, 0.29) is 11.9 Å². The molecule has 1 unspecified atom stereocenters. The molecule has 2 N–H and O–H groups in total. The van der Waals surface area contributed by atoms with Gasteiger partial charge in [-0.2, -0.15) is 0 Å². The Morgan fingerprint density at radius 3 is 2.47 bits per heavy atom. The molecule has 1 amide bonds. The van der Waals surface area contributed by atoms with Crippen LogP contribution in [0.1, 0.15) is 38.3 Å². The zero-order valence-corrected chi connectivity index (χ0v) is 10.9. The zero-order chi connectivity index (χ0) is 12.8. The van der Waals surface area contributed by atoms with Crippen molar-refractivity contribution in [3.8, 4) is 0 Å². The number of rotatable bonds is 5. The quantitative estimate of drug-likeness (QED) is 0.850. The lowest BCUT2D eigenvalue weighted by Gasteiger charge is -2.27. The van der Waals surface area contributed by atoms with Gasteiger partial charge in [0.25, 0.3) is 0 Å². The summed E-state index contributed by atoms with van der Waals surface area (Å²) in [4.78, 5) is 13.9. The highest BCUT2D eigenvalue weighted by Gasteiger charge is 2.22. The molecule has 0 bridgehead atoms.